The van der Waals surface area contributed by atoms with Gasteiger partial charge in [0.2, 0.25) is 0 Å². The average molecular weight is 551 g/mol. The van der Waals surface area contributed by atoms with E-state index in [2.05, 4.69) is 37.3 Å². The van der Waals surface area contributed by atoms with E-state index in [1.54, 1.807) is 35.9 Å². The van der Waals surface area contributed by atoms with Gasteiger partial charge in [-0.3, -0.25) is 4.79 Å². The van der Waals surface area contributed by atoms with Gasteiger partial charge in [-0.15, -0.1) is 0 Å². The first-order valence-electron chi connectivity index (χ1n) is 13.9. The highest BCUT2D eigenvalue weighted by atomic mass is 35.5. The summed E-state index contributed by atoms with van der Waals surface area (Å²) < 4.78 is 6.81. The molecule has 7 heteroatoms. The Hall–Kier alpha value is -3.09. The normalized spacial score (nSPS) is 19.3. The summed E-state index contributed by atoms with van der Waals surface area (Å²) in [6.45, 7) is 3.26. The van der Waals surface area contributed by atoms with Crippen LogP contribution < -0.4 is 5.56 Å². The van der Waals surface area contributed by atoms with Crippen molar-refractivity contribution in [1.29, 1.82) is 0 Å². The Morgan fingerprint density at radius 2 is 1.92 bits per heavy atom. The molecule has 39 heavy (non-hydrogen) atoms. The fourth-order valence-electron chi connectivity index (χ4n) is 6.06. The van der Waals surface area contributed by atoms with E-state index in [1.807, 2.05) is 18.2 Å². The fraction of sp³-hybridized carbons (Fsp3) is 0.438. The third-order valence-corrected chi connectivity index (χ3v) is 8.39. The number of hydrogen-bond acceptors (Lipinski definition) is 3. The largest absolute Gasteiger partial charge is 0.465 e. The van der Waals surface area contributed by atoms with Gasteiger partial charge in [-0.05, 0) is 71.6 Å². The number of aromatic nitrogens is 1. The molecule has 1 fully saturated rings. The van der Waals surface area contributed by atoms with E-state index >= 15 is 0 Å². The lowest BCUT2D eigenvalue weighted by Gasteiger charge is -2.45. The summed E-state index contributed by atoms with van der Waals surface area (Å²) in [5.41, 5.74) is 5.24. The SMILES string of the molecule is CCCCC1C(c2ccc(-c3ccccc3CCCOC)cc2Cl)C(c2ccn(C)c(=O)c2)CCN1C(=O)O. The zero-order chi connectivity index (χ0) is 27.9. The number of methoxy groups -OCH3 is 1. The van der Waals surface area contributed by atoms with E-state index in [-0.39, 0.29) is 23.4 Å². The van der Waals surface area contributed by atoms with Gasteiger partial charge in [-0.1, -0.05) is 67.8 Å². The second-order valence-corrected chi connectivity index (χ2v) is 10.9. The first-order chi connectivity index (χ1) is 18.8. The van der Waals surface area contributed by atoms with Crippen LogP contribution in [0.4, 0.5) is 4.79 Å². The predicted octanol–water partition coefficient (Wildman–Crippen LogP) is 7.09. The molecule has 6 nitrogen and oxygen atoms in total. The van der Waals surface area contributed by atoms with Crippen LogP contribution in [0.25, 0.3) is 11.1 Å². The van der Waals surface area contributed by atoms with Crippen molar-refractivity contribution in [2.24, 2.45) is 7.05 Å². The molecule has 1 aliphatic heterocycles. The number of hydrogen-bond donors (Lipinski definition) is 1. The lowest BCUT2D eigenvalue weighted by molar-refractivity contribution is 0.0841. The van der Waals surface area contributed by atoms with E-state index in [1.165, 1.54) is 5.56 Å². The average Bonchev–Trinajstić information content (AvgIpc) is 2.93. The van der Waals surface area contributed by atoms with Crippen molar-refractivity contribution < 1.29 is 14.6 Å². The standard InChI is InChI=1S/C32H39ClN2O4/c1-4-5-12-29-31(26(16-18-35(29)32(37)38)24-15-17-34(2)30(36)21-24)27-14-13-23(20-28(27)33)25-11-7-6-9-22(25)10-8-19-39-3/h6-7,9,11,13-15,17,20-21,26,29,31H,4-5,8,10,12,16,18-19H2,1-3H3,(H,37,38). The number of aryl methyl sites for hydroxylation is 2. The lowest BCUT2D eigenvalue weighted by Crippen LogP contribution is -2.49. The van der Waals surface area contributed by atoms with Crippen molar-refractivity contribution in [3.63, 3.8) is 0 Å². The lowest BCUT2D eigenvalue weighted by atomic mass is 9.71. The fourth-order valence-corrected chi connectivity index (χ4v) is 6.36. The minimum Gasteiger partial charge on any atom is -0.465 e. The van der Waals surface area contributed by atoms with Gasteiger partial charge < -0.3 is 19.3 Å². The van der Waals surface area contributed by atoms with Crippen molar-refractivity contribution >= 4 is 17.7 Å². The van der Waals surface area contributed by atoms with Crippen LogP contribution in [0.5, 0.6) is 0 Å². The molecule has 208 valence electrons. The highest BCUT2D eigenvalue weighted by Crippen LogP contribution is 2.47. The van der Waals surface area contributed by atoms with Crippen LogP contribution >= 0.6 is 11.6 Å². The van der Waals surface area contributed by atoms with E-state index in [9.17, 15) is 14.7 Å². The quantitative estimate of drug-likeness (QED) is 0.273. The molecule has 1 N–H and O–H groups in total. The van der Waals surface area contributed by atoms with Gasteiger partial charge in [0, 0.05) is 56.6 Å². The Labute approximate surface area is 236 Å². The van der Waals surface area contributed by atoms with Crippen LogP contribution in [0.15, 0.2) is 65.6 Å². The second-order valence-electron chi connectivity index (χ2n) is 10.5. The van der Waals surface area contributed by atoms with Gasteiger partial charge in [-0.25, -0.2) is 4.79 Å². The smallest absolute Gasteiger partial charge is 0.407 e. The minimum atomic E-state index is -0.902. The molecule has 0 spiro atoms. The van der Waals surface area contributed by atoms with E-state index in [0.29, 0.717) is 24.6 Å². The maximum atomic E-state index is 12.6. The van der Waals surface area contributed by atoms with Crippen LogP contribution in [0.3, 0.4) is 0 Å². The third kappa shape index (κ3) is 6.56. The molecule has 0 bridgehead atoms. The van der Waals surface area contributed by atoms with Gasteiger partial charge >= 0.3 is 6.09 Å². The highest BCUT2D eigenvalue weighted by Gasteiger charge is 2.42. The Balaban J connectivity index is 1.78. The van der Waals surface area contributed by atoms with Crippen molar-refractivity contribution in [3.8, 4) is 11.1 Å². The number of pyridine rings is 1. The maximum absolute atomic E-state index is 12.6. The monoisotopic (exact) mass is 550 g/mol. The molecule has 1 aliphatic rings. The summed E-state index contributed by atoms with van der Waals surface area (Å²) in [5, 5.41) is 10.8. The summed E-state index contributed by atoms with van der Waals surface area (Å²) in [6, 6.07) is 18.0. The molecule has 2 aromatic carbocycles. The minimum absolute atomic E-state index is 0.0129. The number of ether oxygens (including phenoxy) is 1. The van der Waals surface area contributed by atoms with Crippen molar-refractivity contribution in [1.82, 2.24) is 9.47 Å². The van der Waals surface area contributed by atoms with Crippen LogP contribution in [0, 0.1) is 0 Å². The van der Waals surface area contributed by atoms with Crippen LogP contribution in [0.1, 0.15) is 67.6 Å². The molecule has 0 saturated carbocycles. The van der Waals surface area contributed by atoms with Crippen molar-refractivity contribution in [3.05, 3.63) is 92.9 Å². The maximum Gasteiger partial charge on any atom is 0.407 e. The highest BCUT2D eigenvalue weighted by molar-refractivity contribution is 6.31. The Bertz CT molecular complexity index is 1340. The first kappa shape index (κ1) is 28.9. The topological polar surface area (TPSA) is 71.8 Å². The van der Waals surface area contributed by atoms with Crippen LogP contribution in [0.2, 0.25) is 5.02 Å². The zero-order valence-electron chi connectivity index (χ0n) is 23.1. The molecule has 1 amide bonds. The third-order valence-electron chi connectivity index (χ3n) is 8.07. The number of unbranched alkanes of at least 4 members (excludes halogenated alkanes) is 1. The molecule has 0 aliphatic carbocycles. The molecule has 0 radical (unpaired) electrons. The molecule has 1 aromatic heterocycles. The summed E-state index contributed by atoms with van der Waals surface area (Å²) in [5.74, 6) is -0.173. The van der Waals surface area contributed by atoms with Gasteiger partial charge in [0.15, 0.2) is 0 Å². The molecule has 3 unspecified atom stereocenters. The number of likely N-dealkylation sites (tertiary alicyclic amines) is 1. The number of carboxylic acid groups (broad SMARTS) is 1. The molecular formula is C32H39ClN2O4. The van der Waals surface area contributed by atoms with Gasteiger partial charge in [0.05, 0.1) is 0 Å². The number of amides is 1. The van der Waals surface area contributed by atoms with Crippen molar-refractivity contribution in [2.75, 3.05) is 20.3 Å². The molecule has 1 saturated heterocycles. The summed E-state index contributed by atoms with van der Waals surface area (Å²) in [7, 11) is 3.46. The van der Waals surface area contributed by atoms with Crippen molar-refractivity contribution in [2.45, 2.75) is 63.3 Å². The predicted molar refractivity (Wildman–Crippen MR) is 157 cm³/mol. The zero-order valence-corrected chi connectivity index (χ0v) is 23.9. The van der Waals surface area contributed by atoms with E-state index in [4.69, 9.17) is 16.3 Å². The van der Waals surface area contributed by atoms with Gasteiger partial charge in [-0.2, -0.15) is 0 Å². The first-order valence-corrected chi connectivity index (χ1v) is 14.3. The number of carbonyl (C=O) groups is 1. The summed E-state index contributed by atoms with van der Waals surface area (Å²) >= 11 is 7.08. The Morgan fingerprint density at radius 3 is 2.62 bits per heavy atom. The molecule has 4 rings (SSSR count). The number of piperidine rings is 1. The van der Waals surface area contributed by atoms with Gasteiger partial charge in [0.1, 0.15) is 0 Å². The van der Waals surface area contributed by atoms with Gasteiger partial charge in [0.25, 0.3) is 5.56 Å². The molecule has 3 aromatic rings. The van der Waals surface area contributed by atoms with Crippen LogP contribution in [-0.4, -0.2) is 47.0 Å². The number of halogens is 1. The number of rotatable bonds is 10. The second kappa shape index (κ2) is 13.3. The summed E-state index contributed by atoms with van der Waals surface area (Å²) in [6.07, 6.45) is 6.00. The van der Waals surface area contributed by atoms with E-state index < -0.39 is 6.09 Å². The van der Waals surface area contributed by atoms with Crippen LogP contribution in [-0.2, 0) is 18.2 Å². The number of nitrogens with zero attached hydrogens (tertiary/aromatic N) is 2. The van der Waals surface area contributed by atoms with E-state index in [0.717, 1.165) is 54.4 Å². The number of benzene rings is 2. The Morgan fingerprint density at radius 1 is 1.13 bits per heavy atom. The molecule has 3 atom stereocenters. The molecule has 2 heterocycles. The Kier molecular flexibility index (Phi) is 9.87. The summed E-state index contributed by atoms with van der Waals surface area (Å²) in [4.78, 5) is 26.5. The molecular weight excluding hydrogens is 512 g/mol.